The van der Waals surface area contributed by atoms with Gasteiger partial charge in [-0.25, -0.2) is 9.59 Å². The maximum absolute atomic E-state index is 11.4. The monoisotopic (exact) mass is 251 g/mol. The van der Waals surface area contributed by atoms with Gasteiger partial charge in [0.15, 0.2) is 0 Å². The van der Waals surface area contributed by atoms with Gasteiger partial charge in [-0.15, -0.1) is 0 Å². The fraction of sp³-hybridized carbons (Fsp3) is 0.250. The number of anilines is 1. The maximum atomic E-state index is 11.4. The van der Waals surface area contributed by atoms with Gasteiger partial charge in [-0.3, -0.25) is 4.79 Å². The number of carbonyl (C=O) groups excluding carboxylic acids is 1. The smallest absolute Gasteiger partial charge is 0.335 e. The first-order valence-electron chi connectivity index (χ1n) is 5.35. The van der Waals surface area contributed by atoms with Gasteiger partial charge in [0, 0.05) is 12.1 Å². The van der Waals surface area contributed by atoms with E-state index in [0.29, 0.717) is 12.8 Å². The first kappa shape index (κ1) is 13.7. The first-order valence-corrected chi connectivity index (χ1v) is 5.35. The quantitative estimate of drug-likeness (QED) is 0.740. The summed E-state index contributed by atoms with van der Waals surface area (Å²) in [4.78, 5) is 33.0. The van der Waals surface area contributed by atoms with E-state index in [2.05, 4.69) is 5.32 Å². The normalized spacial score (nSPS) is 9.83. The molecule has 0 heterocycles. The van der Waals surface area contributed by atoms with E-state index in [-0.39, 0.29) is 22.7 Å². The number of nitrogens with one attached hydrogen (secondary N) is 1. The molecule has 0 aliphatic carbocycles. The molecule has 0 saturated heterocycles. The zero-order valence-corrected chi connectivity index (χ0v) is 9.77. The van der Waals surface area contributed by atoms with E-state index in [9.17, 15) is 14.4 Å². The van der Waals surface area contributed by atoms with Crippen molar-refractivity contribution in [3.8, 4) is 0 Å². The molecule has 1 aromatic rings. The molecule has 0 unspecified atom stereocenters. The van der Waals surface area contributed by atoms with Gasteiger partial charge in [0.2, 0.25) is 5.91 Å². The molecule has 6 heteroatoms. The second kappa shape index (κ2) is 5.81. The van der Waals surface area contributed by atoms with Crippen molar-refractivity contribution in [3.05, 3.63) is 29.3 Å². The minimum absolute atomic E-state index is 0.172. The largest absolute Gasteiger partial charge is 0.478 e. The Labute approximate surface area is 103 Å². The summed E-state index contributed by atoms with van der Waals surface area (Å²) >= 11 is 0. The van der Waals surface area contributed by atoms with Gasteiger partial charge in [-0.05, 0) is 24.6 Å². The third-order valence-corrected chi connectivity index (χ3v) is 2.19. The highest BCUT2D eigenvalue weighted by Crippen LogP contribution is 2.16. The number of carboxylic acid groups (broad SMARTS) is 2. The summed E-state index contributed by atoms with van der Waals surface area (Å²) in [7, 11) is 0. The topological polar surface area (TPSA) is 104 Å². The molecule has 0 atom stereocenters. The Bertz CT molecular complexity index is 463. The lowest BCUT2D eigenvalue weighted by Crippen LogP contribution is -2.12. The molecule has 6 nitrogen and oxygen atoms in total. The second-order valence-electron chi connectivity index (χ2n) is 3.71. The molecule has 18 heavy (non-hydrogen) atoms. The van der Waals surface area contributed by atoms with Crippen LogP contribution in [0.3, 0.4) is 0 Å². The van der Waals surface area contributed by atoms with E-state index < -0.39 is 11.9 Å². The molecule has 0 bridgehead atoms. The lowest BCUT2D eigenvalue weighted by molar-refractivity contribution is -0.116. The van der Waals surface area contributed by atoms with E-state index >= 15 is 0 Å². The van der Waals surface area contributed by atoms with Crippen LogP contribution >= 0.6 is 0 Å². The Hall–Kier alpha value is -2.37. The van der Waals surface area contributed by atoms with Crippen molar-refractivity contribution >= 4 is 23.5 Å². The first-order chi connectivity index (χ1) is 8.43. The molecule has 1 rings (SSSR count). The molecule has 0 radical (unpaired) electrons. The number of hydrogen-bond donors (Lipinski definition) is 3. The van der Waals surface area contributed by atoms with Gasteiger partial charge in [0.25, 0.3) is 0 Å². The number of benzene rings is 1. The highest BCUT2D eigenvalue weighted by Gasteiger charge is 2.12. The number of hydrogen-bond acceptors (Lipinski definition) is 3. The van der Waals surface area contributed by atoms with Crippen molar-refractivity contribution in [2.75, 3.05) is 5.32 Å². The van der Waals surface area contributed by atoms with Gasteiger partial charge in [0.1, 0.15) is 0 Å². The van der Waals surface area contributed by atoms with Crippen LogP contribution in [0.4, 0.5) is 5.69 Å². The fourth-order valence-electron chi connectivity index (χ4n) is 1.40. The predicted octanol–water partition coefficient (Wildman–Crippen LogP) is 1.82. The van der Waals surface area contributed by atoms with Gasteiger partial charge in [-0.1, -0.05) is 6.92 Å². The van der Waals surface area contributed by atoms with Crippen LogP contribution < -0.4 is 5.32 Å². The van der Waals surface area contributed by atoms with Crippen molar-refractivity contribution in [2.45, 2.75) is 19.8 Å². The molecule has 0 aliphatic rings. The van der Waals surface area contributed by atoms with Gasteiger partial charge in [-0.2, -0.15) is 0 Å². The average Bonchev–Trinajstić information content (AvgIpc) is 2.28. The minimum atomic E-state index is -1.25. The number of amides is 1. The molecular weight excluding hydrogens is 238 g/mol. The van der Waals surface area contributed by atoms with E-state index in [0.717, 1.165) is 6.07 Å². The summed E-state index contributed by atoms with van der Waals surface area (Å²) in [6.07, 6.45) is 0.940. The van der Waals surface area contributed by atoms with Crippen molar-refractivity contribution < 1.29 is 24.6 Å². The summed E-state index contributed by atoms with van der Waals surface area (Å²) in [6.45, 7) is 1.83. The standard InChI is InChI=1S/C12H13NO5/c1-2-3-10(14)13-9-5-7(11(15)16)4-8(6-9)12(17)18/h4-6H,2-3H2,1H3,(H,13,14)(H,15,16)(H,17,18). The van der Waals surface area contributed by atoms with E-state index in [1.165, 1.54) is 12.1 Å². The van der Waals surface area contributed by atoms with Crippen LogP contribution in [0.15, 0.2) is 18.2 Å². The van der Waals surface area contributed by atoms with E-state index in [4.69, 9.17) is 10.2 Å². The van der Waals surface area contributed by atoms with Gasteiger partial charge in [0.05, 0.1) is 11.1 Å². The number of aromatic carboxylic acids is 2. The maximum Gasteiger partial charge on any atom is 0.335 e. The van der Waals surface area contributed by atoms with Crippen LogP contribution in [0.2, 0.25) is 0 Å². The van der Waals surface area contributed by atoms with Crippen LogP contribution in [0, 0.1) is 0 Å². The molecule has 0 aliphatic heterocycles. The summed E-state index contributed by atoms with van der Waals surface area (Å²) in [5, 5.41) is 20.2. The van der Waals surface area contributed by atoms with Crippen molar-refractivity contribution in [3.63, 3.8) is 0 Å². The van der Waals surface area contributed by atoms with Crippen molar-refractivity contribution in [2.24, 2.45) is 0 Å². The van der Waals surface area contributed by atoms with Crippen LogP contribution in [-0.2, 0) is 4.79 Å². The van der Waals surface area contributed by atoms with E-state index in [1.54, 1.807) is 0 Å². The summed E-state index contributed by atoms with van der Waals surface area (Å²) in [6, 6.07) is 3.49. The van der Waals surface area contributed by atoms with Gasteiger partial charge >= 0.3 is 11.9 Å². The van der Waals surface area contributed by atoms with Crippen molar-refractivity contribution in [1.82, 2.24) is 0 Å². The SMILES string of the molecule is CCCC(=O)Nc1cc(C(=O)O)cc(C(=O)O)c1. The lowest BCUT2D eigenvalue weighted by Gasteiger charge is -2.07. The fourth-order valence-corrected chi connectivity index (χ4v) is 1.40. The number of carbonyl (C=O) groups is 3. The second-order valence-corrected chi connectivity index (χ2v) is 3.71. The zero-order chi connectivity index (χ0) is 13.7. The highest BCUT2D eigenvalue weighted by molar-refractivity contribution is 5.98. The third kappa shape index (κ3) is 3.58. The highest BCUT2D eigenvalue weighted by atomic mass is 16.4. The minimum Gasteiger partial charge on any atom is -0.478 e. The molecule has 1 aromatic carbocycles. The molecule has 1 amide bonds. The molecular formula is C12H13NO5. The van der Waals surface area contributed by atoms with Crippen LogP contribution in [0.25, 0.3) is 0 Å². The Morgan fingerprint density at radius 2 is 1.56 bits per heavy atom. The summed E-state index contributed by atoms with van der Waals surface area (Å²) in [5.41, 5.74) is -0.186. The lowest BCUT2D eigenvalue weighted by atomic mass is 10.1. The molecule has 96 valence electrons. The zero-order valence-electron chi connectivity index (χ0n) is 9.77. The van der Waals surface area contributed by atoms with Gasteiger partial charge < -0.3 is 15.5 Å². The summed E-state index contributed by atoms with van der Waals surface area (Å²) in [5.74, 6) is -2.77. The predicted molar refractivity (Wildman–Crippen MR) is 63.9 cm³/mol. The number of carboxylic acids is 2. The van der Waals surface area contributed by atoms with Crippen LogP contribution in [0.1, 0.15) is 40.5 Å². The molecule has 3 N–H and O–H groups in total. The molecule has 0 saturated carbocycles. The Kier molecular flexibility index (Phi) is 4.42. The molecule has 0 aromatic heterocycles. The van der Waals surface area contributed by atoms with Crippen LogP contribution in [-0.4, -0.2) is 28.1 Å². The van der Waals surface area contributed by atoms with Crippen molar-refractivity contribution in [1.29, 1.82) is 0 Å². The Morgan fingerprint density at radius 3 is 1.94 bits per heavy atom. The average molecular weight is 251 g/mol. The Morgan fingerprint density at radius 1 is 1.06 bits per heavy atom. The molecule has 0 fully saturated rings. The van der Waals surface area contributed by atoms with Crippen LogP contribution in [0.5, 0.6) is 0 Å². The number of rotatable bonds is 5. The Balaban J connectivity index is 3.07. The molecule has 0 spiro atoms. The van der Waals surface area contributed by atoms with E-state index in [1.807, 2.05) is 6.92 Å². The summed E-state index contributed by atoms with van der Waals surface area (Å²) < 4.78 is 0. The third-order valence-electron chi connectivity index (χ3n) is 2.19.